The van der Waals surface area contributed by atoms with Gasteiger partial charge in [-0.1, -0.05) is 30.3 Å². The topological polar surface area (TPSA) is 29.3 Å². The lowest BCUT2D eigenvalue weighted by Crippen LogP contribution is -2.30. The Hall–Kier alpha value is -1.58. The standard InChI is InChI=1S/C17H21FN2.ClH/c1-13(2)20(11-14-6-5-8-16(19)10-14)12-15-7-3-4-9-17(15)18;/h3-10,13H,11-12,19H2,1-2H3;1H. The van der Waals surface area contributed by atoms with Crippen molar-refractivity contribution in [2.24, 2.45) is 0 Å². The van der Waals surface area contributed by atoms with Crippen molar-refractivity contribution in [2.45, 2.75) is 33.0 Å². The predicted octanol–water partition coefficient (Wildman–Crippen LogP) is 4.24. The zero-order valence-electron chi connectivity index (χ0n) is 12.4. The molecule has 2 N–H and O–H groups in total. The molecular weight excluding hydrogens is 287 g/mol. The first-order valence-electron chi connectivity index (χ1n) is 6.88. The van der Waals surface area contributed by atoms with Gasteiger partial charge in [0.25, 0.3) is 0 Å². The molecule has 0 radical (unpaired) electrons. The van der Waals surface area contributed by atoms with Crippen LogP contribution in [0.3, 0.4) is 0 Å². The first kappa shape index (κ1) is 17.5. The van der Waals surface area contributed by atoms with E-state index in [1.54, 1.807) is 6.07 Å². The second-order valence-corrected chi connectivity index (χ2v) is 5.34. The molecule has 0 aromatic heterocycles. The van der Waals surface area contributed by atoms with E-state index in [9.17, 15) is 4.39 Å². The van der Waals surface area contributed by atoms with Crippen molar-refractivity contribution in [1.29, 1.82) is 0 Å². The van der Waals surface area contributed by atoms with Gasteiger partial charge in [-0.05, 0) is 37.6 Å². The predicted molar refractivity (Wildman–Crippen MR) is 88.9 cm³/mol. The molecule has 0 amide bonds. The first-order chi connectivity index (χ1) is 9.56. The quantitative estimate of drug-likeness (QED) is 0.837. The van der Waals surface area contributed by atoms with Gasteiger partial charge in [0.2, 0.25) is 0 Å². The zero-order valence-corrected chi connectivity index (χ0v) is 13.2. The Bertz CT molecular complexity index is 572. The summed E-state index contributed by atoms with van der Waals surface area (Å²) in [5.41, 5.74) is 8.44. The van der Waals surface area contributed by atoms with Crippen LogP contribution in [0.15, 0.2) is 48.5 Å². The molecule has 2 rings (SSSR count). The fourth-order valence-electron chi connectivity index (χ4n) is 2.19. The Labute approximate surface area is 132 Å². The lowest BCUT2D eigenvalue weighted by Gasteiger charge is -2.27. The van der Waals surface area contributed by atoms with Gasteiger partial charge in [-0.3, -0.25) is 4.90 Å². The molecule has 0 aliphatic carbocycles. The minimum Gasteiger partial charge on any atom is -0.399 e. The number of hydrogen-bond donors (Lipinski definition) is 1. The molecule has 0 aliphatic heterocycles. The molecule has 2 aromatic rings. The molecule has 21 heavy (non-hydrogen) atoms. The van der Waals surface area contributed by atoms with E-state index in [0.717, 1.165) is 23.4 Å². The summed E-state index contributed by atoms with van der Waals surface area (Å²) in [7, 11) is 0. The van der Waals surface area contributed by atoms with Crippen molar-refractivity contribution < 1.29 is 4.39 Å². The third-order valence-electron chi connectivity index (χ3n) is 3.40. The van der Waals surface area contributed by atoms with E-state index >= 15 is 0 Å². The van der Waals surface area contributed by atoms with Crippen LogP contribution in [-0.4, -0.2) is 10.9 Å². The van der Waals surface area contributed by atoms with Crippen molar-refractivity contribution in [3.05, 3.63) is 65.5 Å². The van der Waals surface area contributed by atoms with Gasteiger partial charge >= 0.3 is 0 Å². The van der Waals surface area contributed by atoms with Crippen LogP contribution in [0.25, 0.3) is 0 Å². The van der Waals surface area contributed by atoms with E-state index in [2.05, 4.69) is 18.7 Å². The van der Waals surface area contributed by atoms with Crippen LogP contribution in [0.1, 0.15) is 25.0 Å². The Kier molecular flexibility index (Phi) is 6.66. The van der Waals surface area contributed by atoms with E-state index < -0.39 is 0 Å². The van der Waals surface area contributed by atoms with Crippen LogP contribution in [-0.2, 0) is 13.1 Å². The van der Waals surface area contributed by atoms with Crippen molar-refractivity contribution >= 4 is 18.1 Å². The molecule has 0 heterocycles. The highest BCUT2D eigenvalue weighted by molar-refractivity contribution is 5.85. The SMILES string of the molecule is CC(C)N(Cc1cccc(N)c1)Cc1ccccc1F.Cl. The van der Waals surface area contributed by atoms with Gasteiger partial charge < -0.3 is 5.73 Å². The summed E-state index contributed by atoms with van der Waals surface area (Å²) in [4.78, 5) is 2.23. The summed E-state index contributed by atoms with van der Waals surface area (Å²) >= 11 is 0. The van der Waals surface area contributed by atoms with E-state index in [0.29, 0.717) is 12.6 Å². The third kappa shape index (κ3) is 5.03. The minimum atomic E-state index is -0.147. The monoisotopic (exact) mass is 308 g/mol. The number of halogens is 2. The van der Waals surface area contributed by atoms with Crippen LogP contribution in [0.2, 0.25) is 0 Å². The van der Waals surface area contributed by atoms with E-state index in [4.69, 9.17) is 5.73 Å². The molecule has 114 valence electrons. The fourth-order valence-corrected chi connectivity index (χ4v) is 2.19. The van der Waals surface area contributed by atoms with Gasteiger partial charge in [0.15, 0.2) is 0 Å². The Morgan fingerprint density at radius 3 is 2.38 bits per heavy atom. The second-order valence-electron chi connectivity index (χ2n) is 5.34. The second kappa shape index (κ2) is 8.01. The molecule has 4 heteroatoms. The van der Waals surface area contributed by atoms with Crippen LogP contribution in [0.5, 0.6) is 0 Å². The molecule has 0 saturated heterocycles. The lowest BCUT2D eigenvalue weighted by molar-refractivity contribution is 0.201. The first-order valence-corrected chi connectivity index (χ1v) is 6.88. The summed E-state index contributed by atoms with van der Waals surface area (Å²) in [5.74, 6) is -0.147. The zero-order chi connectivity index (χ0) is 14.5. The maximum Gasteiger partial charge on any atom is 0.127 e. The van der Waals surface area contributed by atoms with E-state index in [-0.39, 0.29) is 18.2 Å². The number of rotatable bonds is 5. The lowest BCUT2D eigenvalue weighted by atomic mass is 10.1. The van der Waals surface area contributed by atoms with Crippen LogP contribution in [0, 0.1) is 5.82 Å². The summed E-state index contributed by atoms with van der Waals surface area (Å²) in [5, 5.41) is 0. The molecule has 0 bridgehead atoms. The molecule has 0 aliphatic rings. The third-order valence-corrected chi connectivity index (χ3v) is 3.40. The summed E-state index contributed by atoms with van der Waals surface area (Å²) in [6.45, 7) is 5.59. The average molecular weight is 309 g/mol. The summed E-state index contributed by atoms with van der Waals surface area (Å²) < 4.78 is 13.8. The maximum absolute atomic E-state index is 13.8. The van der Waals surface area contributed by atoms with Gasteiger partial charge in [0, 0.05) is 30.4 Å². The van der Waals surface area contributed by atoms with Gasteiger partial charge in [-0.25, -0.2) is 4.39 Å². The molecule has 0 spiro atoms. The van der Waals surface area contributed by atoms with Crippen LogP contribution >= 0.6 is 12.4 Å². The number of hydrogen-bond acceptors (Lipinski definition) is 2. The Balaban J connectivity index is 0.00000220. The number of anilines is 1. The highest BCUT2D eigenvalue weighted by atomic mass is 35.5. The largest absolute Gasteiger partial charge is 0.399 e. The minimum absolute atomic E-state index is 0. The number of nitrogens with two attached hydrogens (primary N) is 1. The van der Waals surface area contributed by atoms with Crippen molar-refractivity contribution in [1.82, 2.24) is 4.90 Å². The number of nitrogen functional groups attached to an aromatic ring is 1. The molecule has 0 fully saturated rings. The highest BCUT2D eigenvalue weighted by Gasteiger charge is 2.13. The smallest absolute Gasteiger partial charge is 0.127 e. The highest BCUT2D eigenvalue weighted by Crippen LogP contribution is 2.16. The average Bonchev–Trinajstić information content (AvgIpc) is 2.40. The Morgan fingerprint density at radius 1 is 1.05 bits per heavy atom. The molecule has 0 saturated carbocycles. The van der Waals surface area contributed by atoms with E-state index in [1.165, 1.54) is 6.07 Å². The molecule has 0 atom stereocenters. The number of nitrogens with zero attached hydrogens (tertiary/aromatic N) is 1. The van der Waals surface area contributed by atoms with E-state index in [1.807, 2.05) is 36.4 Å². The van der Waals surface area contributed by atoms with Gasteiger partial charge in [0.05, 0.1) is 0 Å². The maximum atomic E-state index is 13.8. The Morgan fingerprint density at radius 2 is 1.76 bits per heavy atom. The fraction of sp³-hybridized carbons (Fsp3) is 0.294. The van der Waals surface area contributed by atoms with Gasteiger partial charge in [-0.15, -0.1) is 12.4 Å². The normalized spacial score (nSPS) is 10.7. The van der Waals surface area contributed by atoms with Crippen molar-refractivity contribution in [2.75, 3.05) is 5.73 Å². The molecular formula is C17H22ClFN2. The van der Waals surface area contributed by atoms with Crippen LogP contribution in [0.4, 0.5) is 10.1 Å². The molecule has 0 unspecified atom stereocenters. The van der Waals surface area contributed by atoms with Gasteiger partial charge in [0.1, 0.15) is 5.82 Å². The van der Waals surface area contributed by atoms with Gasteiger partial charge in [-0.2, -0.15) is 0 Å². The van der Waals surface area contributed by atoms with Crippen molar-refractivity contribution in [3.63, 3.8) is 0 Å². The molecule has 2 aromatic carbocycles. The molecule has 2 nitrogen and oxygen atoms in total. The number of benzene rings is 2. The summed E-state index contributed by atoms with van der Waals surface area (Å²) in [6, 6.07) is 15.1. The summed E-state index contributed by atoms with van der Waals surface area (Å²) in [6.07, 6.45) is 0. The van der Waals surface area contributed by atoms with Crippen LogP contribution < -0.4 is 5.73 Å². The van der Waals surface area contributed by atoms with Crippen molar-refractivity contribution in [3.8, 4) is 0 Å².